The molecule has 2 amide bonds. The molecule has 1 saturated carbocycles. The van der Waals surface area contributed by atoms with Crippen LogP contribution in [0, 0.1) is 5.92 Å². The van der Waals surface area contributed by atoms with E-state index in [2.05, 4.69) is 5.32 Å². The maximum absolute atomic E-state index is 12.2. The van der Waals surface area contributed by atoms with Crippen LogP contribution in [0.15, 0.2) is 0 Å². The van der Waals surface area contributed by atoms with Gasteiger partial charge >= 0.3 is 12.1 Å². The minimum Gasteiger partial charge on any atom is -0.465 e. The monoisotopic (exact) mass is 352 g/mol. The van der Waals surface area contributed by atoms with Gasteiger partial charge in [0.15, 0.2) is 0 Å². The summed E-state index contributed by atoms with van der Waals surface area (Å²) in [5.41, 5.74) is 1.29. The van der Waals surface area contributed by atoms with Gasteiger partial charge in [0.25, 0.3) is 0 Å². The summed E-state index contributed by atoms with van der Waals surface area (Å²) in [5, 5.41) is 3.38. The third kappa shape index (κ3) is 3.24. The van der Waals surface area contributed by atoms with Crippen molar-refractivity contribution in [1.82, 2.24) is 4.90 Å². The Kier molecular flexibility index (Phi) is 4.75. The van der Waals surface area contributed by atoms with Crippen molar-refractivity contribution in [3.05, 3.63) is 16.0 Å². The van der Waals surface area contributed by atoms with Crippen LogP contribution in [0.3, 0.4) is 0 Å². The highest BCUT2D eigenvalue weighted by Crippen LogP contribution is 2.39. The summed E-state index contributed by atoms with van der Waals surface area (Å²) in [6.07, 6.45) is 1.95. The highest BCUT2D eigenvalue weighted by molar-refractivity contribution is 7.17. The third-order valence-electron chi connectivity index (χ3n) is 4.16. The number of thiophene rings is 1. The van der Waals surface area contributed by atoms with Crippen LogP contribution >= 0.6 is 11.3 Å². The predicted octanol–water partition coefficient (Wildman–Crippen LogP) is 2.40. The standard InChI is InChI=1S/C16H20N2O5S/c1-3-23-16(21)18-7-6-10-11(8-18)24-14(12(10)15(20)22-2)17-13(19)9-4-5-9/h9H,3-8H2,1-2H3,(H,17,19). The molecule has 24 heavy (non-hydrogen) atoms. The quantitative estimate of drug-likeness (QED) is 0.841. The zero-order chi connectivity index (χ0) is 17.3. The van der Waals surface area contributed by atoms with E-state index in [0.717, 1.165) is 23.3 Å². The smallest absolute Gasteiger partial charge is 0.410 e. The number of carbonyl (C=O) groups is 3. The van der Waals surface area contributed by atoms with Crippen molar-refractivity contribution in [3.63, 3.8) is 0 Å². The Balaban J connectivity index is 1.86. The molecule has 2 aliphatic rings. The van der Waals surface area contributed by atoms with Crippen LogP contribution in [0.2, 0.25) is 0 Å². The largest absolute Gasteiger partial charge is 0.465 e. The second-order valence-corrected chi connectivity index (χ2v) is 6.94. The Morgan fingerprint density at radius 1 is 1.33 bits per heavy atom. The van der Waals surface area contributed by atoms with E-state index in [4.69, 9.17) is 9.47 Å². The second kappa shape index (κ2) is 6.80. The van der Waals surface area contributed by atoms with Gasteiger partial charge < -0.3 is 19.7 Å². The van der Waals surface area contributed by atoms with Gasteiger partial charge in [-0.25, -0.2) is 9.59 Å². The average molecular weight is 352 g/mol. The van der Waals surface area contributed by atoms with Crippen LogP contribution in [0.1, 0.15) is 40.6 Å². The van der Waals surface area contributed by atoms with Gasteiger partial charge in [0.2, 0.25) is 5.91 Å². The van der Waals surface area contributed by atoms with E-state index in [9.17, 15) is 14.4 Å². The maximum atomic E-state index is 12.2. The van der Waals surface area contributed by atoms with Crippen LogP contribution < -0.4 is 5.32 Å². The first-order valence-corrected chi connectivity index (χ1v) is 8.82. The lowest BCUT2D eigenvalue weighted by atomic mass is 10.0. The van der Waals surface area contributed by atoms with E-state index in [-0.39, 0.29) is 17.9 Å². The van der Waals surface area contributed by atoms with E-state index in [1.54, 1.807) is 11.8 Å². The summed E-state index contributed by atoms with van der Waals surface area (Å²) in [6, 6.07) is 0. The van der Waals surface area contributed by atoms with E-state index in [1.807, 2.05) is 0 Å². The third-order valence-corrected chi connectivity index (χ3v) is 5.29. The average Bonchev–Trinajstić information content (AvgIpc) is 3.36. The Bertz CT molecular complexity index is 680. The molecule has 1 aliphatic carbocycles. The summed E-state index contributed by atoms with van der Waals surface area (Å²) in [5.74, 6) is -0.463. The molecule has 0 radical (unpaired) electrons. The summed E-state index contributed by atoms with van der Waals surface area (Å²) >= 11 is 1.34. The SMILES string of the molecule is CCOC(=O)N1CCc2c(sc(NC(=O)C3CC3)c2C(=O)OC)C1. The Morgan fingerprint density at radius 2 is 2.08 bits per heavy atom. The molecule has 1 aromatic rings. The van der Waals surface area contributed by atoms with Crippen LogP contribution in [-0.2, 0) is 27.2 Å². The molecule has 8 heteroatoms. The molecule has 0 spiro atoms. The van der Waals surface area contributed by atoms with Crippen LogP contribution in [0.25, 0.3) is 0 Å². The van der Waals surface area contributed by atoms with Gasteiger partial charge in [0.1, 0.15) is 5.00 Å². The number of nitrogens with zero attached hydrogens (tertiary/aromatic N) is 1. The molecule has 1 N–H and O–H groups in total. The summed E-state index contributed by atoms with van der Waals surface area (Å²) in [6.45, 7) is 2.94. The minimum atomic E-state index is -0.455. The molecule has 0 unspecified atom stereocenters. The van der Waals surface area contributed by atoms with Crippen molar-refractivity contribution in [1.29, 1.82) is 0 Å². The number of fused-ring (bicyclic) bond motifs is 1. The molecule has 130 valence electrons. The molecule has 0 bridgehead atoms. The number of methoxy groups -OCH3 is 1. The normalized spacial score (nSPS) is 16.3. The van der Waals surface area contributed by atoms with E-state index in [0.29, 0.717) is 36.7 Å². The van der Waals surface area contributed by atoms with Crippen molar-refractivity contribution >= 4 is 34.3 Å². The van der Waals surface area contributed by atoms with Gasteiger partial charge in [0, 0.05) is 17.3 Å². The van der Waals surface area contributed by atoms with Crippen molar-refractivity contribution in [3.8, 4) is 0 Å². The fraction of sp³-hybridized carbons (Fsp3) is 0.562. The maximum Gasteiger partial charge on any atom is 0.410 e. The fourth-order valence-corrected chi connectivity index (χ4v) is 3.99. The molecule has 3 rings (SSSR count). The topological polar surface area (TPSA) is 84.9 Å². The van der Waals surface area contributed by atoms with Gasteiger partial charge in [-0.15, -0.1) is 11.3 Å². The number of rotatable bonds is 4. The lowest BCUT2D eigenvalue weighted by Gasteiger charge is -2.26. The van der Waals surface area contributed by atoms with Gasteiger partial charge in [-0.1, -0.05) is 0 Å². The lowest BCUT2D eigenvalue weighted by Crippen LogP contribution is -2.36. The molecule has 0 saturated heterocycles. The minimum absolute atomic E-state index is 0.0469. The first-order chi connectivity index (χ1) is 11.5. The summed E-state index contributed by atoms with van der Waals surface area (Å²) < 4.78 is 9.92. The zero-order valence-corrected chi connectivity index (χ0v) is 14.5. The Morgan fingerprint density at radius 3 is 2.71 bits per heavy atom. The number of ether oxygens (including phenoxy) is 2. The number of hydrogen-bond acceptors (Lipinski definition) is 6. The van der Waals surface area contributed by atoms with Crippen molar-refractivity contribution in [2.45, 2.75) is 32.7 Å². The van der Waals surface area contributed by atoms with Gasteiger partial charge in [-0.3, -0.25) is 4.79 Å². The molecule has 0 aromatic carbocycles. The zero-order valence-electron chi connectivity index (χ0n) is 13.7. The molecular formula is C16H20N2O5S. The number of esters is 1. The first kappa shape index (κ1) is 16.8. The summed E-state index contributed by atoms with van der Waals surface area (Å²) in [7, 11) is 1.33. The van der Waals surface area contributed by atoms with E-state index >= 15 is 0 Å². The molecule has 7 nitrogen and oxygen atoms in total. The van der Waals surface area contributed by atoms with Crippen molar-refractivity contribution < 1.29 is 23.9 Å². The summed E-state index contributed by atoms with van der Waals surface area (Å²) in [4.78, 5) is 38.7. The van der Waals surface area contributed by atoms with E-state index in [1.165, 1.54) is 18.4 Å². The van der Waals surface area contributed by atoms with Gasteiger partial charge in [0.05, 0.1) is 25.8 Å². The number of carbonyl (C=O) groups excluding carboxylic acids is 3. The number of anilines is 1. The second-order valence-electron chi connectivity index (χ2n) is 5.83. The van der Waals surface area contributed by atoms with Crippen molar-refractivity contribution in [2.24, 2.45) is 5.92 Å². The highest BCUT2D eigenvalue weighted by atomic mass is 32.1. The van der Waals surface area contributed by atoms with Gasteiger partial charge in [-0.05, 0) is 31.7 Å². The van der Waals surface area contributed by atoms with Crippen LogP contribution in [0.5, 0.6) is 0 Å². The van der Waals surface area contributed by atoms with Gasteiger partial charge in [-0.2, -0.15) is 0 Å². The fourth-order valence-electron chi connectivity index (χ4n) is 2.74. The molecule has 0 atom stereocenters. The molecule has 1 fully saturated rings. The van der Waals surface area contributed by atoms with Crippen molar-refractivity contribution in [2.75, 3.05) is 25.6 Å². The molecule has 2 heterocycles. The highest BCUT2D eigenvalue weighted by Gasteiger charge is 2.34. The molecular weight excluding hydrogens is 332 g/mol. The Hall–Kier alpha value is -2.09. The van der Waals surface area contributed by atoms with E-state index < -0.39 is 5.97 Å². The molecule has 1 aliphatic heterocycles. The predicted molar refractivity (Wildman–Crippen MR) is 88.1 cm³/mol. The van der Waals surface area contributed by atoms with Crippen LogP contribution in [-0.4, -0.2) is 43.1 Å². The lowest BCUT2D eigenvalue weighted by molar-refractivity contribution is -0.117. The molecule has 1 aromatic heterocycles. The first-order valence-electron chi connectivity index (χ1n) is 8.00. The number of hydrogen-bond donors (Lipinski definition) is 1. The van der Waals surface area contributed by atoms with Crippen LogP contribution in [0.4, 0.5) is 9.80 Å². The number of nitrogens with one attached hydrogen (secondary N) is 1. The Labute approximate surface area is 143 Å². The number of amides is 2.